The summed E-state index contributed by atoms with van der Waals surface area (Å²) in [4.78, 5) is 9.80. The van der Waals surface area contributed by atoms with Gasteiger partial charge in [0.25, 0.3) is 0 Å². The van der Waals surface area contributed by atoms with Crippen molar-refractivity contribution in [1.82, 2.24) is 14.5 Å². The van der Waals surface area contributed by atoms with E-state index in [0.29, 0.717) is 17.7 Å². The summed E-state index contributed by atoms with van der Waals surface area (Å²) >= 11 is 0. The van der Waals surface area contributed by atoms with E-state index in [0.717, 1.165) is 41.9 Å². The zero-order chi connectivity index (χ0) is 21.1. The van der Waals surface area contributed by atoms with E-state index >= 15 is 0 Å². The topological polar surface area (TPSA) is 60.2 Å². The van der Waals surface area contributed by atoms with E-state index in [1.807, 2.05) is 7.05 Å². The number of aromatic nitrogens is 3. The van der Waals surface area contributed by atoms with Crippen LogP contribution in [-0.2, 0) is 13.5 Å². The lowest BCUT2D eigenvalue weighted by Gasteiger charge is -2.15. The number of aliphatic hydroxyl groups is 1. The lowest BCUT2D eigenvalue weighted by Crippen LogP contribution is -2.02. The SMILES string of the molecule is CCc1cc2c([C@H](CC)CCO)cn(C)c2nc1-c1ccc(C(C)C)nc1OC. The second kappa shape index (κ2) is 8.95. The first kappa shape index (κ1) is 21.3. The minimum Gasteiger partial charge on any atom is -0.480 e. The largest absolute Gasteiger partial charge is 0.480 e. The molecule has 156 valence electrons. The second-order valence-electron chi connectivity index (χ2n) is 7.98. The molecule has 0 saturated heterocycles. The molecule has 3 aromatic heterocycles. The first-order valence-corrected chi connectivity index (χ1v) is 10.6. The maximum Gasteiger partial charge on any atom is 0.222 e. The molecule has 0 aliphatic carbocycles. The molecule has 5 nitrogen and oxygen atoms in total. The van der Waals surface area contributed by atoms with E-state index in [-0.39, 0.29) is 6.61 Å². The van der Waals surface area contributed by atoms with Gasteiger partial charge in [-0.05, 0) is 60.4 Å². The number of fused-ring (bicyclic) bond motifs is 1. The Morgan fingerprint density at radius 3 is 2.52 bits per heavy atom. The molecule has 5 heteroatoms. The van der Waals surface area contributed by atoms with E-state index in [1.165, 1.54) is 16.5 Å². The molecule has 0 aliphatic heterocycles. The average molecular weight is 396 g/mol. The number of rotatable bonds is 8. The van der Waals surface area contributed by atoms with E-state index < -0.39 is 0 Å². The number of aliphatic hydroxyl groups excluding tert-OH is 1. The standard InChI is InChI=1S/C24H33N3O2/c1-7-16(11-12-28)20-14-27(5)23-19(20)13-17(8-2)22(26-23)18-9-10-21(15(3)4)25-24(18)29-6/h9-10,13-16,28H,7-8,11-12H2,1-6H3/t16-/m1/s1. The molecule has 0 fully saturated rings. The van der Waals surface area contributed by atoms with Crippen molar-refractivity contribution in [1.29, 1.82) is 0 Å². The fourth-order valence-corrected chi connectivity index (χ4v) is 4.04. The van der Waals surface area contributed by atoms with Crippen LogP contribution in [-0.4, -0.2) is 33.4 Å². The molecule has 0 unspecified atom stereocenters. The Hall–Kier alpha value is -2.40. The predicted octanol–water partition coefficient (Wildman–Crippen LogP) is 5.21. The zero-order valence-corrected chi connectivity index (χ0v) is 18.5. The number of nitrogens with zero attached hydrogens (tertiary/aromatic N) is 3. The van der Waals surface area contributed by atoms with Gasteiger partial charge in [-0.3, -0.25) is 0 Å². The van der Waals surface area contributed by atoms with Gasteiger partial charge in [-0.25, -0.2) is 9.97 Å². The van der Waals surface area contributed by atoms with Gasteiger partial charge in [-0.2, -0.15) is 0 Å². The highest BCUT2D eigenvalue weighted by molar-refractivity contribution is 5.86. The smallest absolute Gasteiger partial charge is 0.222 e. The molecule has 0 aliphatic rings. The Kier molecular flexibility index (Phi) is 6.58. The summed E-state index contributed by atoms with van der Waals surface area (Å²) in [7, 11) is 3.71. The van der Waals surface area contributed by atoms with E-state index in [2.05, 4.69) is 56.7 Å². The van der Waals surface area contributed by atoms with Crippen molar-refractivity contribution in [3.8, 4) is 17.1 Å². The summed E-state index contributed by atoms with van der Waals surface area (Å²) in [6.07, 6.45) is 4.81. The average Bonchev–Trinajstić information content (AvgIpc) is 3.05. The molecular weight excluding hydrogens is 362 g/mol. The number of pyridine rings is 2. The summed E-state index contributed by atoms with van der Waals surface area (Å²) in [5.41, 5.74) is 6.29. The Labute approximate surface area is 173 Å². The fraction of sp³-hybridized carbons (Fsp3) is 0.500. The highest BCUT2D eigenvalue weighted by atomic mass is 16.5. The summed E-state index contributed by atoms with van der Waals surface area (Å²) in [6.45, 7) is 8.79. The van der Waals surface area contributed by atoms with Gasteiger partial charge in [0.1, 0.15) is 5.65 Å². The van der Waals surface area contributed by atoms with Crippen molar-refractivity contribution >= 4 is 11.0 Å². The Morgan fingerprint density at radius 1 is 1.17 bits per heavy atom. The first-order valence-electron chi connectivity index (χ1n) is 10.6. The maximum absolute atomic E-state index is 9.48. The highest BCUT2D eigenvalue weighted by Crippen LogP contribution is 2.36. The van der Waals surface area contributed by atoms with Crippen molar-refractivity contribution in [2.75, 3.05) is 13.7 Å². The van der Waals surface area contributed by atoms with Crippen molar-refractivity contribution in [3.05, 3.63) is 41.2 Å². The molecule has 1 atom stereocenters. The Balaban J connectivity index is 2.21. The van der Waals surface area contributed by atoms with Crippen LogP contribution in [0.25, 0.3) is 22.3 Å². The number of aryl methyl sites for hydroxylation is 2. The molecule has 0 bridgehead atoms. The number of methoxy groups -OCH3 is 1. The summed E-state index contributed by atoms with van der Waals surface area (Å²) in [6, 6.07) is 6.42. The molecule has 3 aromatic rings. The Bertz CT molecular complexity index is 991. The minimum atomic E-state index is 0.201. The number of ether oxygens (including phenoxy) is 1. The van der Waals surface area contributed by atoms with Gasteiger partial charge in [0.2, 0.25) is 5.88 Å². The van der Waals surface area contributed by atoms with Gasteiger partial charge in [0, 0.05) is 30.9 Å². The van der Waals surface area contributed by atoms with Gasteiger partial charge >= 0.3 is 0 Å². The molecule has 1 N–H and O–H groups in total. The third kappa shape index (κ3) is 4.01. The summed E-state index contributed by atoms with van der Waals surface area (Å²) in [5.74, 6) is 1.30. The van der Waals surface area contributed by atoms with E-state index in [1.54, 1.807) is 7.11 Å². The van der Waals surface area contributed by atoms with Gasteiger partial charge < -0.3 is 14.4 Å². The van der Waals surface area contributed by atoms with Crippen LogP contribution in [0.5, 0.6) is 5.88 Å². The van der Waals surface area contributed by atoms with E-state index in [9.17, 15) is 5.11 Å². The van der Waals surface area contributed by atoms with Crippen molar-refractivity contribution in [2.24, 2.45) is 7.05 Å². The summed E-state index contributed by atoms with van der Waals surface area (Å²) < 4.78 is 7.73. The molecule has 0 amide bonds. The predicted molar refractivity (Wildman–Crippen MR) is 119 cm³/mol. The van der Waals surface area contributed by atoms with Crippen LogP contribution in [0.4, 0.5) is 0 Å². The monoisotopic (exact) mass is 395 g/mol. The van der Waals surface area contributed by atoms with Crippen LogP contribution in [0.15, 0.2) is 24.4 Å². The van der Waals surface area contributed by atoms with Crippen LogP contribution in [0.2, 0.25) is 0 Å². The molecule has 3 heterocycles. The van der Waals surface area contributed by atoms with Crippen LogP contribution in [0, 0.1) is 0 Å². The highest BCUT2D eigenvalue weighted by Gasteiger charge is 2.21. The first-order chi connectivity index (χ1) is 13.9. The molecule has 0 saturated carbocycles. The van der Waals surface area contributed by atoms with Crippen LogP contribution < -0.4 is 4.74 Å². The summed E-state index contributed by atoms with van der Waals surface area (Å²) in [5, 5.41) is 10.7. The lowest BCUT2D eigenvalue weighted by molar-refractivity contribution is 0.274. The molecule has 29 heavy (non-hydrogen) atoms. The van der Waals surface area contributed by atoms with Gasteiger partial charge in [0.15, 0.2) is 0 Å². The van der Waals surface area contributed by atoms with Gasteiger partial charge in [0.05, 0.1) is 18.4 Å². The fourth-order valence-electron chi connectivity index (χ4n) is 4.04. The third-order valence-electron chi connectivity index (χ3n) is 5.77. The van der Waals surface area contributed by atoms with Crippen molar-refractivity contribution in [2.45, 2.75) is 58.8 Å². The third-order valence-corrected chi connectivity index (χ3v) is 5.77. The molecular formula is C24H33N3O2. The van der Waals surface area contributed by atoms with E-state index in [4.69, 9.17) is 14.7 Å². The van der Waals surface area contributed by atoms with Gasteiger partial charge in [-0.1, -0.05) is 27.7 Å². The molecule has 0 radical (unpaired) electrons. The zero-order valence-electron chi connectivity index (χ0n) is 18.5. The normalized spacial score (nSPS) is 12.7. The van der Waals surface area contributed by atoms with Crippen LogP contribution in [0.1, 0.15) is 69.2 Å². The van der Waals surface area contributed by atoms with Gasteiger partial charge in [-0.15, -0.1) is 0 Å². The van der Waals surface area contributed by atoms with Crippen LogP contribution >= 0.6 is 0 Å². The number of hydrogen-bond donors (Lipinski definition) is 1. The molecule has 3 rings (SSSR count). The molecule has 0 spiro atoms. The number of hydrogen-bond acceptors (Lipinski definition) is 4. The second-order valence-corrected chi connectivity index (χ2v) is 7.98. The molecule has 0 aromatic carbocycles. The quantitative estimate of drug-likeness (QED) is 0.569. The van der Waals surface area contributed by atoms with Crippen molar-refractivity contribution in [3.63, 3.8) is 0 Å². The maximum atomic E-state index is 9.48. The van der Waals surface area contributed by atoms with Crippen LogP contribution in [0.3, 0.4) is 0 Å². The lowest BCUT2D eigenvalue weighted by atomic mass is 9.92. The minimum absolute atomic E-state index is 0.201. The Morgan fingerprint density at radius 2 is 1.93 bits per heavy atom. The van der Waals surface area contributed by atoms with Crippen molar-refractivity contribution < 1.29 is 9.84 Å².